The Hall–Kier alpha value is -3.16. The first-order valence-corrected chi connectivity index (χ1v) is 8.29. The smallest absolute Gasteiger partial charge is 0.373 e. The van der Waals surface area contributed by atoms with Crippen molar-refractivity contribution < 1.29 is 24.2 Å². The molecule has 2 aromatic rings. The lowest BCUT2D eigenvalue weighted by atomic mass is 10.1. The number of rotatable bonds is 4. The van der Waals surface area contributed by atoms with E-state index in [1.165, 1.54) is 22.8 Å². The number of benzene rings is 1. The van der Waals surface area contributed by atoms with E-state index in [9.17, 15) is 19.5 Å². The summed E-state index contributed by atoms with van der Waals surface area (Å²) in [5, 5.41) is 10.5. The van der Waals surface area contributed by atoms with Gasteiger partial charge in [-0.2, -0.15) is 0 Å². The minimum absolute atomic E-state index is 0.122. The first-order valence-electron chi connectivity index (χ1n) is 8.29. The predicted molar refractivity (Wildman–Crippen MR) is 92.8 cm³/mol. The maximum absolute atomic E-state index is 12.7. The molecule has 0 saturated carbocycles. The third kappa shape index (κ3) is 2.94. The summed E-state index contributed by atoms with van der Waals surface area (Å²) in [7, 11) is 0. The zero-order chi connectivity index (χ0) is 18.8. The Morgan fingerprint density at radius 3 is 2.65 bits per heavy atom. The molecule has 0 atom stereocenters. The highest BCUT2D eigenvalue weighted by atomic mass is 16.5. The van der Waals surface area contributed by atoms with Crippen LogP contribution < -0.4 is 5.56 Å². The van der Waals surface area contributed by atoms with Crippen LogP contribution in [0.15, 0.2) is 28.8 Å². The average molecular weight is 358 g/mol. The number of aliphatic hydroxyl groups excluding tert-OH is 1. The maximum atomic E-state index is 12.7. The first kappa shape index (κ1) is 17.7. The van der Waals surface area contributed by atoms with Crippen molar-refractivity contribution in [3.05, 3.63) is 45.7 Å². The quantitative estimate of drug-likeness (QED) is 0.504. The van der Waals surface area contributed by atoms with Crippen LogP contribution in [0.5, 0.6) is 0 Å². The molecule has 2 heterocycles. The van der Waals surface area contributed by atoms with Crippen molar-refractivity contribution in [2.45, 2.75) is 26.8 Å². The van der Waals surface area contributed by atoms with Crippen molar-refractivity contribution in [2.24, 2.45) is 0 Å². The van der Waals surface area contributed by atoms with E-state index in [0.29, 0.717) is 17.4 Å². The summed E-state index contributed by atoms with van der Waals surface area (Å²) in [6.07, 6.45) is 0.286. The van der Waals surface area contributed by atoms with Gasteiger partial charge in [-0.05, 0) is 38.5 Å². The molecule has 136 valence electrons. The Kier molecular flexibility index (Phi) is 4.75. The van der Waals surface area contributed by atoms with Crippen LogP contribution in [0.2, 0.25) is 0 Å². The molecule has 26 heavy (non-hydrogen) atoms. The highest BCUT2D eigenvalue weighted by Crippen LogP contribution is 2.28. The highest BCUT2D eigenvalue weighted by molar-refractivity contribution is 5.96. The summed E-state index contributed by atoms with van der Waals surface area (Å²) in [5.41, 5.74) is 0.522. The van der Waals surface area contributed by atoms with E-state index >= 15 is 0 Å². The molecule has 1 aromatic carbocycles. The van der Waals surface area contributed by atoms with Crippen LogP contribution in [0, 0.1) is 0 Å². The summed E-state index contributed by atoms with van der Waals surface area (Å²) >= 11 is 0. The number of esters is 2. The molecule has 8 heteroatoms. The third-order valence-corrected chi connectivity index (χ3v) is 4.08. The molecule has 0 saturated heterocycles. The maximum Gasteiger partial charge on any atom is 0.373 e. The lowest BCUT2D eigenvalue weighted by Gasteiger charge is -2.08. The fraction of sp³-hybridized carbons (Fsp3) is 0.333. The summed E-state index contributed by atoms with van der Waals surface area (Å²) < 4.78 is 11.2. The first-order chi connectivity index (χ1) is 12.5. The largest absolute Gasteiger partial charge is 0.502 e. The van der Waals surface area contributed by atoms with Crippen LogP contribution in [-0.4, -0.2) is 39.8 Å². The van der Waals surface area contributed by atoms with E-state index < -0.39 is 17.7 Å². The number of ether oxygens (including phenoxy) is 2. The lowest BCUT2D eigenvalue weighted by Crippen LogP contribution is -2.21. The standard InChI is InChI=1S/C18H18N2O6/c1-3-25-17(23)10-5-6-11-13(9-10)19-15-12(7-8-20(15)16(11)22)14(21)18(24)26-4-2/h5-6,9,21H,3-4,7-8H2,1-2H3/b14-12-. The summed E-state index contributed by atoms with van der Waals surface area (Å²) in [4.78, 5) is 40.8. The fourth-order valence-corrected chi connectivity index (χ4v) is 2.88. The topological polar surface area (TPSA) is 108 Å². The molecule has 1 aliphatic heterocycles. The van der Waals surface area contributed by atoms with Gasteiger partial charge in [0.25, 0.3) is 5.56 Å². The minimum Gasteiger partial charge on any atom is -0.502 e. The zero-order valence-corrected chi connectivity index (χ0v) is 14.4. The Bertz CT molecular complexity index is 989. The van der Waals surface area contributed by atoms with Gasteiger partial charge in [0.2, 0.25) is 5.76 Å². The number of hydrogen-bond acceptors (Lipinski definition) is 7. The van der Waals surface area contributed by atoms with E-state index in [1.54, 1.807) is 13.8 Å². The van der Waals surface area contributed by atoms with Crippen LogP contribution in [0.1, 0.15) is 36.5 Å². The molecular weight excluding hydrogens is 340 g/mol. The molecule has 0 amide bonds. The van der Waals surface area contributed by atoms with E-state index in [2.05, 4.69) is 4.98 Å². The van der Waals surface area contributed by atoms with Crippen molar-refractivity contribution in [1.29, 1.82) is 0 Å². The fourth-order valence-electron chi connectivity index (χ4n) is 2.88. The van der Waals surface area contributed by atoms with Crippen LogP contribution in [0.25, 0.3) is 16.5 Å². The predicted octanol–water partition coefficient (Wildman–Crippen LogP) is 1.81. The zero-order valence-electron chi connectivity index (χ0n) is 14.4. The van der Waals surface area contributed by atoms with E-state index in [4.69, 9.17) is 9.47 Å². The summed E-state index contributed by atoms with van der Waals surface area (Å²) in [6, 6.07) is 4.50. The van der Waals surface area contributed by atoms with Gasteiger partial charge in [0, 0.05) is 12.1 Å². The normalized spacial score (nSPS) is 14.8. The third-order valence-electron chi connectivity index (χ3n) is 4.08. The number of carbonyl (C=O) groups is 2. The van der Waals surface area contributed by atoms with Gasteiger partial charge in [0.1, 0.15) is 5.82 Å². The summed E-state index contributed by atoms with van der Waals surface area (Å²) in [6.45, 7) is 3.99. The van der Waals surface area contributed by atoms with Crippen molar-refractivity contribution in [1.82, 2.24) is 9.55 Å². The Balaban J connectivity index is 2.15. The van der Waals surface area contributed by atoms with E-state index in [-0.39, 0.29) is 42.2 Å². The Morgan fingerprint density at radius 2 is 1.96 bits per heavy atom. The molecule has 0 aliphatic carbocycles. The number of hydrogen-bond donors (Lipinski definition) is 1. The van der Waals surface area contributed by atoms with Gasteiger partial charge in [-0.3, -0.25) is 9.36 Å². The molecular formula is C18H18N2O6. The highest BCUT2D eigenvalue weighted by Gasteiger charge is 2.27. The SMILES string of the molecule is CCOC(=O)/C(O)=C1\CCn2c1nc1cc(C(=O)OCC)ccc1c2=O. The number of aliphatic hydroxyl groups is 1. The second-order valence-corrected chi connectivity index (χ2v) is 5.64. The molecule has 0 radical (unpaired) electrons. The minimum atomic E-state index is -0.856. The second-order valence-electron chi connectivity index (χ2n) is 5.64. The van der Waals surface area contributed by atoms with Gasteiger partial charge in [-0.1, -0.05) is 0 Å². The number of allylic oxidation sites excluding steroid dienone is 1. The molecule has 1 N–H and O–H groups in total. The molecule has 1 aliphatic rings. The number of fused-ring (bicyclic) bond motifs is 2. The van der Waals surface area contributed by atoms with Crippen LogP contribution in [-0.2, 0) is 20.8 Å². The van der Waals surface area contributed by atoms with Crippen molar-refractivity contribution in [3.8, 4) is 0 Å². The monoisotopic (exact) mass is 358 g/mol. The lowest BCUT2D eigenvalue weighted by molar-refractivity contribution is -0.141. The summed E-state index contributed by atoms with van der Waals surface area (Å²) in [5.74, 6) is -1.72. The Labute approximate surface area is 148 Å². The molecule has 0 bridgehead atoms. The van der Waals surface area contributed by atoms with E-state index in [1.807, 2.05) is 0 Å². The van der Waals surface area contributed by atoms with Gasteiger partial charge in [0.15, 0.2) is 0 Å². The van der Waals surface area contributed by atoms with Gasteiger partial charge < -0.3 is 14.6 Å². The molecule has 0 unspecified atom stereocenters. The van der Waals surface area contributed by atoms with Crippen LogP contribution in [0.4, 0.5) is 0 Å². The number of nitrogens with zero attached hydrogens (tertiary/aromatic N) is 2. The molecule has 0 fully saturated rings. The van der Waals surface area contributed by atoms with Crippen LogP contribution in [0.3, 0.4) is 0 Å². The molecule has 1 aromatic heterocycles. The van der Waals surface area contributed by atoms with Gasteiger partial charge in [0.05, 0.1) is 29.7 Å². The van der Waals surface area contributed by atoms with Crippen molar-refractivity contribution in [2.75, 3.05) is 13.2 Å². The van der Waals surface area contributed by atoms with Crippen molar-refractivity contribution >= 4 is 28.4 Å². The Morgan fingerprint density at radius 1 is 1.23 bits per heavy atom. The number of aromatic nitrogens is 2. The van der Waals surface area contributed by atoms with Crippen LogP contribution >= 0.6 is 0 Å². The second kappa shape index (κ2) is 6.99. The molecule has 0 spiro atoms. The number of carbonyl (C=O) groups excluding carboxylic acids is 2. The molecule has 3 rings (SSSR count). The van der Waals surface area contributed by atoms with Gasteiger partial charge in [-0.15, -0.1) is 0 Å². The van der Waals surface area contributed by atoms with Gasteiger partial charge >= 0.3 is 11.9 Å². The van der Waals surface area contributed by atoms with Gasteiger partial charge in [-0.25, -0.2) is 14.6 Å². The van der Waals surface area contributed by atoms with Crippen molar-refractivity contribution in [3.63, 3.8) is 0 Å². The molecule has 8 nitrogen and oxygen atoms in total. The van der Waals surface area contributed by atoms with E-state index in [0.717, 1.165) is 0 Å². The average Bonchev–Trinajstić information content (AvgIpc) is 3.05.